The molecule has 1 fully saturated rings. The zero-order valence-corrected chi connectivity index (χ0v) is 13.4. The maximum absolute atomic E-state index is 13.7. The van der Waals surface area contributed by atoms with Gasteiger partial charge in [-0.25, -0.2) is 12.8 Å². The molecule has 1 N–H and O–H groups in total. The molecule has 5 nitrogen and oxygen atoms in total. The van der Waals surface area contributed by atoms with Crippen LogP contribution in [0.4, 0.5) is 4.39 Å². The van der Waals surface area contributed by atoms with E-state index in [1.807, 2.05) is 0 Å². The fraction of sp³-hybridized carbons (Fsp3) is 0.417. The van der Waals surface area contributed by atoms with Crippen LogP contribution in [-0.2, 0) is 14.8 Å². The summed E-state index contributed by atoms with van der Waals surface area (Å²) in [5.74, 6) is -1.37. The maximum atomic E-state index is 13.7. The van der Waals surface area contributed by atoms with E-state index in [0.717, 1.165) is 16.4 Å². The fourth-order valence-corrected chi connectivity index (χ4v) is 4.59. The van der Waals surface area contributed by atoms with Crippen molar-refractivity contribution in [3.63, 3.8) is 0 Å². The Bertz CT molecular complexity index is 681. The summed E-state index contributed by atoms with van der Waals surface area (Å²) < 4.78 is 40.0. The van der Waals surface area contributed by atoms with Gasteiger partial charge in [-0.05, 0) is 18.6 Å². The van der Waals surface area contributed by atoms with Crippen molar-refractivity contribution < 1.29 is 17.6 Å². The van der Waals surface area contributed by atoms with Gasteiger partial charge in [0.05, 0.1) is 10.0 Å². The number of hydrogen-bond donors (Lipinski definition) is 1. The first kappa shape index (κ1) is 16.5. The van der Waals surface area contributed by atoms with Crippen molar-refractivity contribution >= 4 is 39.1 Å². The number of nitrogens with zero attached hydrogens (tertiary/aromatic N) is 1. The lowest BCUT2D eigenvalue weighted by molar-refractivity contribution is -0.126. The number of benzene rings is 1. The predicted molar refractivity (Wildman–Crippen MR) is 77.4 cm³/mol. The summed E-state index contributed by atoms with van der Waals surface area (Å²) in [4.78, 5) is 11.4. The molecule has 1 aliphatic rings. The lowest BCUT2D eigenvalue weighted by Gasteiger charge is -2.33. The molecule has 1 aliphatic heterocycles. The highest BCUT2D eigenvalue weighted by molar-refractivity contribution is 7.89. The Morgan fingerprint density at radius 3 is 2.71 bits per heavy atom. The van der Waals surface area contributed by atoms with Gasteiger partial charge < -0.3 is 5.32 Å². The standard InChI is InChI=1S/C12H13Cl2FN2O3S/c1-2-8-12(18)16-5-6-17(8)21(19,20)9-4-3-7(13)11(15)10(9)14/h3-4,8H,2,5-6H2,1H3,(H,16,18). The fourth-order valence-electron chi connectivity index (χ4n) is 2.20. The van der Waals surface area contributed by atoms with Crippen LogP contribution in [0.2, 0.25) is 10.0 Å². The largest absolute Gasteiger partial charge is 0.353 e. The lowest BCUT2D eigenvalue weighted by Crippen LogP contribution is -2.56. The van der Waals surface area contributed by atoms with Gasteiger partial charge in [0, 0.05) is 13.1 Å². The Labute approximate surface area is 132 Å². The van der Waals surface area contributed by atoms with Crippen molar-refractivity contribution in [2.45, 2.75) is 24.3 Å². The third-order valence-corrected chi connectivity index (χ3v) is 5.98. The second kappa shape index (κ2) is 6.08. The topological polar surface area (TPSA) is 66.5 Å². The van der Waals surface area contributed by atoms with Gasteiger partial charge >= 0.3 is 0 Å². The Morgan fingerprint density at radius 2 is 2.10 bits per heavy atom. The SMILES string of the molecule is CCC1C(=O)NCCN1S(=O)(=O)c1ccc(Cl)c(F)c1Cl. The third kappa shape index (κ3) is 2.88. The minimum atomic E-state index is -4.08. The molecule has 0 bridgehead atoms. The van der Waals surface area contributed by atoms with E-state index in [9.17, 15) is 17.6 Å². The lowest BCUT2D eigenvalue weighted by atomic mass is 10.2. The number of amides is 1. The molecule has 1 heterocycles. The first-order valence-corrected chi connectivity index (χ1v) is 8.43. The number of hydrogen-bond acceptors (Lipinski definition) is 3. The number of carbonyl (C=O) groups excluding carboxylic acids is 1. The molecule has 2 rings (SSSR count). The van der Waals surface area contributed by atoms with Gasteiger partial charge in [0.25, 0.3) is 0 Å². The molecule has 116 valence electrons. The van der Waals surface area contributed by atoms with Crippen LogP contribution < -0.4 is 5.32 Å². The minimum Gasteiger partial charge on any atom is -0.353 e. The van der Waals surface area contributed by atoms with Crippen molar-refractivity contribution in [2.24, 2.45) is 0 Å². The smallest absolute Gasteiger partial charge is 0.245 e. The molecule has 9 heteroatoms. The number of piperazine rings is 1. The van der Waals surface area contributed by atoms with E-state index in [1.165, 1.54) is 0 Å². The quantitative estimate of drug-likeness (QED) is 0.844. The van der Waals surface area contributed by atoms with Crippen LogP contribution in [-0.4, -0.2) is 37.8 Å². The van der Waals surface area contributed by atoms with Crippen molar-refractivity contribution in [1.82, 2.24) is 9.62 Å². The number of sulfonamides is 1. The van der Waals surface area contributed by atoms with Crippen LogP contribution in [0.1, 0.15) is 13.3 Å². The van der Waals surface area contributed by atoms with Crippen molar-refractivity contribution in [1.29, 1.82) is 0 Å². The van der Waals surface area contributed by atoms with Crippen LogP contribution in [0.3, 0.4) is 0 Å². The second-order valence-electron chi connectivity index (χ2n) is 4.50. The van der Waals surface area contributed by atoms with Crippen LogP contribution in [0.5, 0.6) is 0 Å². The first-order valence-electron chi connectivity index (χ1n) is 6.23. The summed E-state index contributed by atoms with van der Waals surface area (Å²) in [6.07, 6.45) is 0.304. The van der Waals surface area contributed by atoms with Gasteiger partial charge in [0.2, 0.25) is 15.9 Å². The van der Waals surface area contributed by atoms with Crippen LogP contribution in [0, 0.1) is 5.82 Å². The molecule has 21 heavy (non-hydrogen) atoms. The molecule has 0 aliphatic carbocycles. The van der Waals surface area contributed by atoms with Gasteiger partial charge in [0.1, 0.15) is 10.9 Å². The molecule has 1 atom stereocenters. The number of carbonyl (C=O) groups is 1. The Hall–Kier alpha value is -0.890. The summed E-state index contributed by atoms with van der Waals surface area (Å²) >= 11 is 11.3. The van der Waals surface area contributed by atoms with Crippen LogP contribution >= 0.6 is 23.2 Å². The Kier molecular flexibility index (Phi) is 4.77. The van der Waals surface area contributed by atoms with Gasteiger partial charge in [-0.3, -0.25) is 4.79 Å². The monoisotopic (exact) mass is 354 g/mol. The summed E-state index contributed by atoms with van der Waals surface area (Å²) in [5.41, 5.74) is 0. The molecular weight excluding hydrogens is 342 g/mol. The number of rotatable bonds is 3. The molecule has 0 saturated carbocycles. The van der Waals surface area contributed by atoms with Crippen molar-refractivity contribution in [3.05, 3.63) is 28.0 Å². The Balaban J connectivity index is 2.51. The highest BCUT2D eigenvalue weighted by Crippen LogP contribution is 2.32. The average Bonchev–Trinajstić information content (AvgIpc) is 2.44. The normalized spacial score (nSPS) is 20.4. The highest BCUT2D eigenvalue weighted by atomic mass is 35.5. The average molecular weight is 355 g/mol. The van der Waals surface area contributed by atoms with E-state index in [2.05, 4.69) is 5.32 Å². The minimum absolute atomic E-state index is 0.104. The zero-order chi connectivity index (χ0) is 15.8. The molecule has 0 spiro atoms. The van der Waals surface area contributed by atoms with E-state index in [4.69, 9.17) is 23.2 Å². The molecule has 1 amide bonds. The van der Waals surface area contributed by atoms with E-state index < -0.39 is 26.9 Å². The zero-order valence-electron chi connectivity index (χ0n) is 11.1. The van der Waals surface area contributed by atoms with Crippen LogP contribution in [0.15, 0.2) is 17.0 Å². The summed E-state index contributed by atoms with van der Waals surface area (Å²) in [7, 11) is -4.08. The summed E-state index contributed by atoms with van der Waals surface area (Å²) in [5, 5.41) is 1.77. The van der Waals surface area contributed by atoms with E-state index in [-0.39, 0.29) is 28.9 Å². The predicted octanol–water partition coefficient (Wildman–Crippen LogP) is 2.03. The molecule has 1 aromatic carbocycles. The van der Waals surface area contributed by atoms with Crippen molar-refractivity contribution in [2.75, 3.05) is 13.1 Å². The summed E-state index contributed by atoms with van der Waals surface area (Å²) in [6, 6.07) is 1.43. The molecule has 0 aromatic heterocycles. The molecule has 0 radical (unpaired) electrons. The second-order valence-corrected chi connectivity index (χ2v) is 7.15. The van der Waals surface area contributed by atoms with E-state index in [1.54, 1.807) is 6.92 Å². The highest BCUT2D eigenvalue weighted by Gasteiger charge is 2.38. The molecule has 1 saturated heterocycles. The van der Waals surface area contributed by atoms with Gasteiger partial charge in [0.15, 0.2) is 5.82 Å². The molecule has 1 unspecified atom stereocenters. The van der Waals surface area contributed by atoms with Crippen LogP contribution in [0.25, 0.3) is 0 Å². The maximum Gasteiger partial charge on any atom is 0.245 e. The first-order chi connectivity index (χ1) is 9.80. The molecular formula is C12H13Cl2FN2O3S. The van der Waals surface area contributed by atoms with Gasteiger partial charge in [-0.15, -0.1) is 0 Å². The van der Waals surface area contributed by atoms with Gasteiger partial charge in [-0.2, -0.15) is 4.31 Å². The number of halogens is 3. The van der Waals surface area contributed by atoms with E-state index >= 15 is 0 Å². The summed E-state index contributed by atoms with van der Waals surface area (Å²) in [6.45, 7) is 2.00. The molecule has 1 aromatic rings. The van der Waals surface area contributed by atoms with Gasteiger partial charge in [-0.1, -0.05) is 30.1 Å². The van der Waals surface area contributed by atoms with Crippen molar-refractivity contribution in [3.8, 4) is 0 Å². The Morgan fingerprint density at radius 1 is 1.43 bits per heavy atom. The van der Waals surface area contributed by atoms with E-state index in [0.29, 0.717) is 6.42 Å². The number of nitrogens with one attached hydrogen (secondary N) is 1. The third-order valence-electron chi connectivity index (χ3n) is 3.25.